The Balaban J connectivity index is 1.83. The van der Waals surface area contributed by atoms with Crippen molar-refractivity contribution in [3.8, 4) is 0 Å². The minimum absolute atomic E-state index is 0.489. The second-order valence-electron chi connectivity index (χ2n) is 5.05. The van der Waals surface area contributed by atoms with Gasteiger partial charge in [0.25, 0.3) is 0 Å². The first-order valence-electron chi connectivity index (χ1n) is 6.49. The Bertz CT molecular complexity index is 594. The smallest absolute Gasteiger partial charge is 0.0334 e. The maximum Gasteiger partial charge on any atom is 0.0334 e. The number of anilines is 1. The first kappa shape index (κ1) is 13.2. The number of nitrogen functional groups attached to an aromatic ring is 1. The van der Waals surface area contributed by atoms with Crippen LogP contribution in [0.1, 0.15) is 29.0 Å². The molecule has 3 rings (SSSR count). The van der Waals surface area contributed by atoms with E-state index in [1.807, 2.05) is 23.5 Å². The summed E-state index contributed by atoms with van der Waals surface area (Å²) in [7, 11) is 0. The fourth-order valence-corrected chi connectivity index (χ4v) is 4.05. The number of hydrogen-bond donors (Lipinski definition) is 1. The monoisotopic (exact) mass is 336 g/mol. The zero-order chi connectivity index (χ0) is 13.4. The maximum absolute atomic E-state index is 5.89. The van der Waals surface area contributed by atoms with Gasteiger partial charge in [0.1, 0.15) is 0 Å². The van der Waals surface area contributed by atoms with Crippen molar-refractivity contribution < 1.29 is 0 Å². The summed E-state index contributed by atoms with van der Waals surface area (Å²) < 4.78 is 1.14. The zero-order valence-electron chi connectivity index (χ0n) is 10.9. The molecule has 100 valence electrons. The van der Waals surface area contributed by atoms with Crippen LogP contribution in [0.3, 0.4) is 0 Å². The summed E-state index contributed by atoms with van der Waals surface area (Å²) in [6, 6.07) is 8.80. The Hall–Kier alpha value is -0.840. The molecule has 1 aromatic heterocycles. The molecule has 0 spiro atoms. The molecule has 0 aliphatic carbocycles. The molecule has 1 atom stereocenters. The van der Waals surface area contributed by atoms with Gasteiger partial charge in [-0.15, -0.1) is 11.3 Å². The van der Waals surface area contributed by atoms with Crippen LogP contribution in [0.2, 0.25) is 0 Å². The van der Waals surface area contributed by atoms with Gasteiger partial charge in [-0.3, -0.25) is 4.90 Å². The van der Waals surface area contributed by atoms with E-state index in [9.17, 15) is 0 Å². The number of benzene rings is 1. The molecule has 0 bridgehead atoms. The van der Waals surface area contributed by atoms with E-state index in [0.29, 0.717) is 6.04 Å². The normalized spacial score (nSPS) is 19.4. The van der Waals surface area contributed by atoms with Crippen LogP contribution >= 0.6 is 27.3 Å². The predicted molar refractivity (Wildman–Crippen MR) is 85.4 cm³/mol. The lowest BCUT2D eigenvalue weighted by atomic mass is 10.0. The van der Waals surface area contributed by atoms with Crippen LogP contribution in [-0.2, 0) is 13.0 Å². The third-order valence-corrected chi connectivity index (χ3v) is 5.62. The summed E-state index contributed by atoms with van der Waals surface area (Å²) in [5.74, 6) is 0. The molecule has 19 heavy (non-hydrogen) atoms. The first-order chi connectivity index (χ1) is 9.15. The third kappa shape index (κ3) is 2.57. The average Bonchev–Trinajstić information content (AvgIpc) is 2.86. The summed E-state index contributed by atoms with van der Waals surface area (Å²) in [5.41, 5.74) is 9.49. The summed E-state index contributed by atoms with van der Waals surface area (Å²) in [6.45, 7) is 4.36. The van der Waals surface area contributed by atoms with Crippen LogP contribution in [0, 0.1) is 0 Å². The Morgan fingerprint density at radius 1 is 1.42 bits per heavy atom. The molecule has 0 amide bonds. The fraction of sp³-hybridized carbons (Fsp3) is 0.333. The molecular weight excluding hydrogens is 320 g/mol. The molecule has 0 fully saturated rings. The number of fused-ring (bicyclic) bond motifs is 1. The lowest BCUT2D eigenvalue weighted by Crippen LogP contribution is -2.32. The highest BCUT2D eigenvalue weighted by molar-refractivity contribution is 9.10. The number of halogens is 1. The van der Waals surface area contributed by atoms with Crippen molar-refractivity contribution in [3.05, 3.63) is 50.1 Å². The van der Waals surface area contributed by atoms with Crippen molar-refractivity contribution in [2.45, 2.75) is 25.9 Å². The Morgan fingerprint density at radius 3 is 3.11 bits per heavy atom. The Labute approximate surface area is 126 Å². The first-order valence-corrected chi connectivity index (χ1v) is 8.16. The van der Waals surface area contributed by atoms with Gasteiger partial charge < -0.3 is 5.73 Å². The van der Waals surface area contributed by atoms with Crippen molar-refractivity contribution in [3.63, 3.8) is 0 Å². The van der Waals surface area contributed by atoms with Crippen molar-refractivity contribution in [2.24, 2.45) is 0 Å². The van der Waals surface area contributed by atoms with Gasteiger partial charge in [0, 0.05) is 34.2 Å². The molecule has 0 saturated carbocycles. The highest BCUT2D eigenvalue weighted by Crippen LogP contribution is 2.34. The van der Waals surface area contributed by atoms with Gasteiger partial charge in [0.05, 0.1) is 0 Å². The standard InChI is InChI=1S/C15H17BrN2S/c1-10-13-5-7-19-15(13)4-6-18(10)9-11-8-12(17)2-3-14(11)16/h2-3,5,7-8,10H,4,6,9,17H2,1H3. The minimum atomic E-state index is 0.489. The molecule has 2 nitrogen and oxygen atoms in total. The van der Waals surface area contributed by atoms with E-state index in [2.05, 4.69) is 45.3 Å². The minimum Gasteiger partial charge on any atom is -0.399 e. The van der Waals surface area contributed by atoms with Gasteiger partial charge in [-0.1, -0.05) is 15.9 Å². The van der Waals surface area contributed by atoms with Crippen molar-refractivity contribution in [1.29, 1.82) is 0 Å². The van der Waals surface area contributed by atoms with Gasteiger partial charge in [-0.2, -0.15) is 0 Å². The molecule has 2 heterocycles. The largest absolute Gasteiger partial charge is 0.399 e. The number of nitrogens with zero attached hydrogens (tertiary/aromatic N) is 1. The predicted octanol–water partition coefficient (Wildman–Crippen LogP) is 4.21. The fourth-order valence-electron chi connectivity index (χ4n) is 2.71. The Kier molecular flexibility index (Phi) is 3.65. The van der Waals surface area contributed by atoms with Crippen LogP contribution in [0.25, 0.3) is 0 Å². The molecule has 0 saturated heterocycles. The van der Waals surface area contributed by atoms with Gasteiger partial charge >= 0.3 is 0 Å². The van der Waals surface area contributed by atoms with E-state index in [0.717, 1.165) is 29.7 Å². The molecule has 4 heteroatoms. The number of hydrogen-bond acceptors (Lipinski definition) is 3. The quantitative estimate of drug-likeness (QED) is 0.832. The summed E-state index contributed by atoms with van der Waals surface area (Å²) in [5, 5.41) is 2.21. The third-order valence-electron chi connectivity index (χ3n) is 3.85. The van der Waals surface area contributed by atoms with Crippen LogP contribution < -0.4 is 5.73 Å². The topological polar surface area (TPSA) is 29.3 Å². The van der Waals surface area contributed by atoms with E-state index < -0.39 is 0 Å². The Morgan fingerprint density at radius 2 is 2.26 bits per heavy atom. The summed E-state index contributed by atoms with van der Waals surface area (Å²) in [6.07, 6.45) is 1.16. The lowest BCUT2D eigenvalue weighted by molar-refractivity contribution is 0.191. The summed E-state index contributed by atoms with van der Waals surface area (Å²) in [4.78, 5) is 4.07. The second kappa shape index (κ2) is 5.27. The van der Waals surface area contributed by atoms with E-state index in [1.165, 1.54) is 11.1 Å². The SMILES string of the molecule is CC1c2ccsc2CCN1Cc1cc(N)ccc1Br. The molecule has 1 aliphatic heterocycles. The molecule has 2 aromatic rings. The number of rotatable bonds is 2. The van der Waals surface area contributed by atoms with Gasteiger partial charge in [0.2, 0.25) is 0 Å². The maximum atomic E-state index is 5.89. The van der Waals surface area contributed by atoms with Crippen LogP contribution in [0.4, 0.5) is 5.69 Å². The van der Waals surface area contributed by atoms with Crippen LogP contribution in [0.5, 0.6) is 0 Å². The van der Waals surface area contributed by atoms with Gasteiger partial charge in [-0.25, -0.2) is 0 Å². The molecule has 0 radical (unpaired) electrons. The molecule has 2 N–H and O–H groups in total. The second-order valence-corrected chi connectivity index (χ2v) is 6.90. The van der Waals surface area contributed by atoms with Crippen LogP contribution in [0.15, 0.2) is 34.1 Å². The highest BCUT2D eigenvalue weighted by atomic mass is 79.9. The highest BCUT2D eigenvalue weighted by Gasteiger charge is 2.24. The zero-order valence-corrected chi connectivity index (χ0v) is 13.3. The van der Waals surface area contributed by atoms with Crippen LogP contribution in [-0.4, -0.2) is 11.4 Å². The number of nitrogens with two attached hydrogens (primary N) is 1. The molecule has 1 aromatic carbocycles. The molecular formula is C15H17BrN2S. The van der Waals surface area contributed by atoms with E-state index >= 15 is 0 Å². The van der Waals surface area contributed by atoms with E-state index in [4.69, 9.17) is 5.73 Å². The van der Waals surface area contributed by atoms with E-state index in [1.54, 1.807) is 4.88 Å². The van der Waals surface area contributed by atoms with Gasteiger partial charge in [-0.05, 0) is 54.1 Å². The average molecular weight is 337 g/mol. The van der Waals surface area contributed by atoms with Gasteiger partial charge in [0.15, 0.2) is 0 Å². The van der Waals surface area contributed by atoms with Crippen molar-refractivity contribution >= 4 is 33.0 Å². The lowest BCUT2D eigenvalue weighted by Gasteiger charge is -2.33. The molecule has 1 unspecified atom stereocenters. The van der Waals surface area contributed by atoms with E-state index in [-0.39, 0.29) is 0 Å². The molecule has 1 aliphatic rings. The number of thiophene rings is 1. The van der Waals surface area contributed by atoms with Crippen molar-refractivity contribution in [1.82, 2.24) is 4.90 Å². The summed E-state index contributed by atoms with van der Waals surface area (Å²) >= 11 is 5.51. The van der Waals surface area contributed by atoms with Crippen molar-refractivity contribution in [2.75, 3.05) is 12.3 Å².